The molecule has 0 fully saturated rings. The molecule has 35 heavy (non-hydrogen) atoms. The highest BCUT2D eigenvalue weighted by Crippen LogP contribution is 2.46. The van der Waals surface area contributed by atoms with E-state index in [9.17, 15) is 9.90 Å². The lowest BCUT2D eigenvalue weighted by Crippen LogP contribution is -2.53. The van der Waals surface area contributed by atoms with Crippen LogP contribution in [0.1, 0.15) is 69.1 Å². The van der Waals surface area contributed by atoms with Crippen molar-refractivity contribution in [1.82, 2.24) is 15.0 Å². The summed E-state index contributed by atoms with van der Waals surface area (Å²) >= 11 is 0. The van der Waals surface area contributed by atoms with Crippen LogP contribution >= 0.6 is 0 Å². The number of hydrogen-bond donors (Lipinski definition) is 1. The summed E-state index contributed by atoms with van der Waals surface area (Å²) in [5, 5.41) is 14.4. The quantitative estimate of drug-likeness (QED) is 0.435. The highest BCUT2D eigenvalue weighted by molar-refractivity contribution is 5.69. The number of nitrogens with zero attached hydrogens (tertiary/aromatic N) is 3. The smallest absolute Gasteiger partial charge is 0.408 e. The standard InChI is InChI=1S/C28H35N3O4/c1-7-8-23(28(3,4)5)24-16-20-15-21(34-6)13-14-22(20)25(31(24)27(32)33)18-9-11-19(12-10-18)26-29-17(2)30-35-26/h9-15,23-25H,7-8,16H2,1-6H3,(H,32,33)/t23?,24-,25-/m0/s1. The van der Waals surface area contributed by atoms with Crippen LogP contribution in [0, 0.1) is 18.3 Å². The number of benzene rings is 2. The maximum absolute atomic E-state index is 12.9. The number of carbonyl (C=O) groups is 1. The predicted octanol–water partition coefficient (Wildman–Crippen LogP) is 6.51. The molecule has 1 unspecified atom stereocenters. The van der Waals surface area contributed by atoms with E-state index >= 15 is 0 Å². The third kappa shape index (κ3) is 4.90. The minimum atomic E-state index is -0.900. The minimum Gasteiger partial charge on any atom is -0.497 e. The Kier molecular flexibility index (Phi) is 6.88. The summed E-state index contributed by atoms with van der Waals surface area (Å²) in [5.41, 5.74) is 3.80. The van der Waals surface area contributed by atoms with Crippen LogP contribution in [0.5, 0.6) is 5.75 Å². The summed E-state index contributed by atoms with van der Waals surface area (Å²) < 4.78 is 10.8. The number of amides is 1. The third-order valence-corrected chi connectivity index (χ3v) is 7.11. The number of fused-ring (bicyclic) bond motifs is 1. The first-order chi connectivity index (χ1) is 16.6. The second kappa shape index (κ2) is 9.72. The van der Waals surface area contributed by atoms with E-state index in [0.717, 1.165) is 40.8 Å². The van der Waals surface area contributed by atoms with Gasteiger partial charge >= 0.3 is 6.09 Å². The molecule has 1 aliphatic rings. The maximum Gasteiger partial charge on any atom is 0.408 e. The molecule has 0 bridgehead atoms. The summed E-state index contributed by atoms with van der Waals surface area (Å²) in [6, 6.07) is 13.2. The largest absolute Gasteiger partial charge is 0.497 e. The van der Waals surface area contributed by atoms with Gasteiger partial charge in [-0.25, -0.2) is 4.79 Å². The van der Waals surface area contributed by atoms with Gasteiger partial charge < -0.3 is 14.4 Å². The number of aromatic nitrogens is 2. The van der Waals surface area contributed by atoms with E-state index in [1.54, 1.807) is 18.9 Å². The molecule has 3 atom stereocenters. The van der Waals surface area contributed by atoms with E-state index in [1.165, 1.54) is 0 Å². The second-order valence-electron chi connectivity index (χ2n) is 10.5. The Balaban J connectivity index is 1.85. The predicted molar refractivity (Wildman–Crippen MR) is 135 cm³/mol. The van der Waals surface area contributed by atoms with Crippen molar-refractivity contribution < 1.29 is 19.2 Å². The van der Waals surface area contributed by atoms with Crippen molar-refractivity contribution in [3.05, 3.63) is 65.0 Å². The number of carboxylic acid groups (broad SMARTS) is 1. The first kappa shape index (κ1) is 24.8. The molecule has 1 aliphatic heterocycles. The molecule has 0 aliphatic carbocycles. The molecule has 1 aromatic heterocycles. The average Bonchev–Trinajstić information content (AvgIpc) is 3.26. The first-order valence-electron chi connectivity index (χ1n) is 12.2. The van der Waals surface area contributed by atoms with Gasteiger partial charge in [-0.2, -0.15) is 4.98 Å². The lowest BCUT2D eigenvalue weighted by molar-refractivity contribution is 0.0404. The van der Waals surface area contributed by atoms with E-state index in [4.69, 9.17) is 9.26 Å². The molecule has 0 saturated carbocycles. The van der Waals surface area contributed by atoms with Crippen LogP contribution in [0.4, 0.5) is 4.79 Å². The Bertz CT molecular complexity index is 1180. The highest BCUT2D eigenvalue weighted by Gasteiger charge is 2.45. The van der Waals surface area contributed by atoms with E-state index in [0.29, 0.717) is 18.1 Å². The van der Waals surface area contributed by atoms with Gasteiger partial charge in [0, 0.05) is 11.6 Å². The third-order valence-electron chi connectivity index (χ3n) is 7.11. The zero-order valence-electron chi connectivity index (χ0n) is 21.4. The van der Waals surface area contributed by atoms with Gasteiger partial charge in [0.25, 0.3) is 5.89 Å². The van der Waals surface area contributed by atoms with Crippen LogP contribution in [0.25, 0.3) is 11.5 Å². The van der Waals surface area contributed by atoms with E-state index < -0.39 is 12.1 Å². The van der Waals surface area contributed by atoms with Gasteiger partial charge in [0.2, 0.25) is 0 Å². The zero-order valence-corrected chi connectivity index (χ0v) is 21.4. The molecule has 2 aromatic carbocycles. The number of methoxy groups -OCH3 is 1. The van der Waals surface area contributed by atoms with Gasteiger partial charge in [-0.3, -0.25) is 4.90 Å². The molecule has 4 rings (SSSR count). The summed E-state index contributed by atoms with van der Waals surface area (Å²) in [7, 11) is 1.66. The van der Waals surface area contributed by atoms with Crippen molar-refractivity contribution >= 4 is 6.09 Å². The lowest BCUT2D eigenvalue weighted by Gasteiger charge is -2.48. The maximum atomic E-state index is 12.9. The number of rotatable bonds is 6. The Morgan fingerprint density at radius 2 is 1.94 bits per heavy atom. The molecular weight excluding hydrogens is 442 g/mol. The van der Waals surface area contributed by atoms with Crippen molar-refractivity contribution in [2.45, 2.75) is 66.0 Å². The normalized spacial score (nSPS) is 18.7. The zero-order chi connectivity index (χ0) is 25.3. The Morgan fingerprint density at radius 1 is 1.23 bits per heavy atom. The monoisotopic (exact) mass is 477 g/mol. The Hall–Kier alpha value is -3.35. The van der Waals surface area contributed by atoms with Crippen LogP contribution in [-0.4, -0.2) is 39.4 Å². The summed E-state index contributed by atoms with van der Waals surface area (Å²) in [6.07, 6.45) is 1.72. The van der Waals surface area contributed by atoms with Gasteiger partial charge in [0.1, 0.15) is 5.75 Å². The van der Waals surface area contributed by atoms with E-state index in [-0.39, 0.29) is 17.4 Å². The number of ether oxygens (including phenoxy) is 1. The Labute approximate surface area is 207 Å². The Morgan fingerprint density at radius 3 is 2.49 bits per heavy atom. The second-order valence-corrected chi connectivity index (χ2v) is 10.5. The van der Waals surface area contributed by atoms with Crippen LogP contribution < -0.4 is 4.74 Å². The number of hydrogen-bond acceptors (Lipinski definition) is 5. The molecular formula is C28H35N3O4. The molecule has 0 radical (unpaired) electrons. The fraction of sp³-hybridized carbons (Fsp3) is 0.464. The van der Waals surface area contributed by atoms with Crippen molar-refractivity contribution in [3.63, 3.8) is 0 Å². The molecule has 3 aromatic rings. The van der Waals surface area contributed by atoms with Crippen molar-refractivity contribution in [3.8, 4) is 17.2 Å². The first-order valence-corrected chi connectivity index (χ1v) is 12.2. The molecule has 2 heterocycles. The van der Waals surface area contributed by atoms with Crippen LogP contribution in [-0.2, 0) is 6.42 Å². The highest BCUT2D eigenvalue weighted by atomic mass is 16.5. The van der Waals surface area contributed by atoms with Crippen molar-refractivity contribution in [2.75, 3.05) is 7.11 Å². The lowest BCUT2D eigenvalue weighted by atomic mass is 9.69. The summed E-state index contributed by atoms with van der Waals surface area (Å²) in [5.74, 6) is 2.01. The van der Waals surface area contributed by atoms with Gasteiger partial charge in [0.05, 0.1) is 13.2 Å². The van der Waals surface area contributed by atoms with Gasteiger partial charge in [-0.05, 0) is 72.1 Å². The van der Waals surface area contributed by atoms with E-state index in [2.05, 4.69) is 43.9 Å². The molecule has 7 heteroatoms. The molecule has 186 valence electrons. The number of aryl methyl sites for hydroxylation is 1. The molecule has 0 spiro atoms. The van der Waals surface area contributed by atoms with Crippen LogP contribution in [0.2, 0.25) is 0 Å². The minimum absolute atomic E-state index is 0.0467. The van der Waals surface area contributed by atoms with Crippen LogP contribution in [0.15, 0.2) is 47.0 Å². The molecule has 0 saturated heterocycles. The molecule has 1 amide bonds. The average molecular weight is 478 g/mol. The van der Waals surface area contributed by atoms with Gasteiger partial charge in [-0.1, -0.05) is 57.5 Å². The molecule has 1 N–H and O–H groups in total. The fourth-order valence-corrected chi connectivity index (χ4v) is 5.48. The van der Waals surface area contributed by atoms with Crippen molar-refractivity contribution in [1.29, 1.82) is 0 Å². The van der Waals surface area contributed by atoms with Crippen molar-refractivity contribution in [2.24, 2.45) is 11.3 Å². The molecule has 7 nitrogen and oxygen atoms in total. The van der Waals surface area contributed by atoms with E-state index in [1.807, 2.05) is 36.4 Å². The summed E-state index contributed by atoms with van der Waals surface area (Å²) in [6.45, 7) is 10.6. The van der Waals surface area contributed by atoms with Gasteiger partial charge in [0.15, 0.2) is 5.82 Å². The SMILES string of the molecule is CCCC([C@@H]1Cc2cc(OC)ccc2[C@H](c2ccc(-c3nc(C)no3)cc2)N1C(=O)O)C(C)(C)C. The topological polar surface area (TPSA) is 88.7 Å². The van der Waals surface area contributed by atoms with Gasteiger partial charge in [-0.15, -0.1) is 0 Å². The summed E-state index contributed by atoms with van der Waals surface area (Å²) in [4.78, 5) is 18.9. The fourth-order valence-electron chi connectivity index (χ4n) is 5.48. The van der Waals surface area contributed by atoms with Crippen LogP contribution in [0.3, 0.4) is 0 Å².